The van der Waals surface area contributed by atoms with Crippen molar-refractivity contribution in [3.05, 3.63) is 29.8 Å². The number of hydrogen-bond donors (Lipinski definition) is 2. The van der Waals surface area contributed by atoms with Gasteiger partial charge < -0.3 is 15.3 Å². The van der Waals surface area contributed by atoms with Gasteiger partial charge in [0.25, 0.3) is 0 Å². The molecule has 0 bridgehead atoms. The topological polar surface area (TPSA) is 72.9 Å². The van der Waals surface area contributed by atoms with E-state index in [1.807, 2.05) is 24.3 Å². The summed E-state index contributed by atoms with van der Waals surface area (Å²) in [5.41, 5.74) is 1.83. The summed E-state index contributed by atoms with van der Waals surface area (Å²) in [6, 6.07) is 7.73. The first kappa shape index (κ1) is 14.8. The lowest BCUT2D eigenvalue weighted by Crippen LogP contribution is -2.38. The number of nitrogens with one attached hydrogen (secondary N) is 1. The van der Waals surface area contributed by atoms with E-state index < -0.39 is 5.97 Å². The molecule has 2 aliphatic heterocycles. The maximum atomic E-state index is 12.1. The minimum atomic E-state index is -0.742. The minimum Gasteiger partial charge on any atom is -0.481 e. The molecule has 2 atom stereocenters. The zero-order valence-corrected chi connectivity index (χ0v) is 12.7. The summed E-state index contributed by atoms with van der Waals surface area (Å²) < 4.78 is 0. The Balaban J connectivity index is 1.87. The number of hydrogen-bond acceptors (Lipinski definition) is 3. The van der Waals surface area contributed by atoms with Crippen LogP contribution in [0.2, 0.25) is 0 Å². The van der Waals surface area contributed by atoms with Gasteiger partial charge in [-0.1, -0.05) is 12.1 Å². The Hall–Kier alpha value is -2.08. The highest BCUT2D eigenvalue weighted by Gasteiger charge is 2.33. The zero-order valence-electron chi connectivity index (χ0n) is 12.7. The standard InChI is InChI=1S/C16H21N3O3/c1-18-7-8-19(16(18)22)12-4-2-3-11(9-12)14-10-17-6-5-13(14)15(20)21/h2-4,9,13-14,17H,5-8,10H2,1H3,(H,20,21)/t13-,14+/m1/s1. The first-order valence-corrected chi connectivity index (χ1v) is 7.64. The van der Waals surface area contributed by atoms with Crippen LogP contribution in [0.4, 0.5) is 10.5 Å². The number of piperidine rings is 1. The molecule has 0 aliphatic carbocycles. The number of aliphatic carboxylic acids is 1. The van der Waals surface area contributed by atoms with Crippen molar-refractivity contribution in [1.82, 2.24) is 10.2 Å². The highest BCUT2D eigenvalue weighted by atomic mass is 16.4. The van der Waals surface area contributed by atoms with Gasteiger partial charge in [-0.05, 0) is 30.7 Å². The molecule has 3 rings (SSSR count). The molecule has 2 heterocycles. The molecule has 1 aromatic carbocycles. The quantitative estimate of drug-likeness (QED) is 0.884. The van der Waals surface area contributed by atoms with Gasteiger partial charge in [-0.25, -0.2) is 4.79 Å². The van der Waals surface area contributed by atoms with Gasteiger partial charge in [-0.15, -0.1) is 0 Å². The van der Waals surface area contributed by atoms with Crippen LogP contribution in [-0.4, -0.2) is 55.2 Å². The van der Waals surface area contributed by atoms with Crippen LogP contribution in [-0.2, 0) is 4.79 Å². The molecule has 2 amide bonds. The number of nitrogens with zero attached hydrogens (tertiary/aromatic N) is 2. The third kappa shape index (κ3) is 2.66. The SMILES string of the molecule is CN1CCN(c2cccc([C@@H]3CNCC[C@H]3C(=O)O)c2)C1=O. The van der Waals surface area contributed by atoms with E-state index in [2.05, 4.69) is 5.32 Å². The summed E-state index contributed by atoms with van der Waals surface area (Å²) >= 11 is 0. The van der Waals surface area contributed by atoms with Crippen molar-refractivity contribution in [2.45, 2.75) is 12.3 Å². The van der Waals surface area contributed by atoms with Crippen LogP contribution in [0.3, 0.4) is 0 Å². The third-order valence-corrected chi connectivity index (χ3v) is 4.63. The van der Waals surface area contributed by atoms with Gasteiger partial charge in [0.15, 0.2) is 0 Å². The van der Waals surface area contributed by atoms with E-state index >= 15 is 0 Å². The first-order chi connectivity index (χ1) is 10.6. The number of amides is 2. The normalized spacial score (nSPS) is 25.6. The molecule has 0 saturated carbocycles. The zero-order chi connectivity index (χ0) is 15.7. The Labute approximate surface area is 129 Å². The van der Waals surface area contributed by atoms with Gasteiger partial charge in [-0.3, -0.25) is 9.69 Å². The number of carbonyl (C=O) groups is 2. The second-order valence-electron chi connectivity index (χ2n) is 5.99. The maximum absolute atomic E-state index is 12.1. The molecule has 22 heavy (non-hydrogen) atoms. The molecule has 2 fully saturated rings. The van der Waals surface area contributed by atoms with Gasteiger partial charge >= 0.3 is 12.0 Å². The number of carbonyl (C=O) groups excluding carboxylic acids is 1. The average Bonchev–Trinajstić information content (AvgIpc) is 2.87. The number of likely N-dealkylation sites (N-methyl/N-ethyl adjacent to an activating group) is 1. The van der Waals surface area contributed by atoms with Gasteiger partial charge in [0, 0.05) is 38.3 Å². The van der Waals surface area contributed by atoms with E-state index in [1.54, 1.807) is 16.8 Å². The second kappa shape index (κ2) is 5.96. The van der Waals surface area contributed by atoms with Crippen LogP contribution >= 0.6 is 0 Å². The fourth-order valence-corrected chi connectivity index (χ4v) is 3.31. The molecule has 2 N–H and O–H groups in total. The van der Waals surface area contributed by atoms with Crippen LogP contribution in [0.5, 0.6) is 0 Å². The van der Waals surface area contributed by atoms with E-state index in [4.69, 9.17) is 0 Å². The molecule has 2 aliphatic rings. The summed E-state index contributed by atoms with van der Waals surface area (Å²) in [5, 5.41) is 12.7. The molecule has 0 radical (unpaired) electrons. The average molecular weight is 303 g/mol. The maximum Gasteiger partial charge on any atom is 0.324 e. The predicted molar refractivity (Wildman–Crippen MR) is 83.2 cm³/mol. The minimum absolute atomic E-state index is 0.00583. The van der Waals surface area contributed by atoms with Crippen LogP contribution in [0, 0.1) is 5.92 Å². The number of carboxylic acid groups (broad SMARTS) is 1. The molecule has 2 saturated heterocycles. The molecule has 6 heteroatoms. The predicted octanol–water partition coefficient (Wildman–Crippen LogP) is 1.34. The molecule has 118 valence electrons. The van der Waals surface area contributed by atoms with Gasteiger partial charge in [0.05, 0.1) is 5.92 Å². The Morgan fingerprint density at radius 1 is 1.36 bits per heavy atom. The first-order valence-electron chi connectivity index (χ1n) is 7.64. The van der Waals surface area contributed by atoms with Crippen molar-refractivity contribution in [3.8, 4) is 0 Å². The lowest BCUT2D eigenvalue weighted by molar-refractivity contribution is -0.143. The van der Waals surface area contributed by atoms with Crippen molar-refractivity contribution in [1.29, 1.82) is 0 Å². The smallest absolute Gasteiger partial charge is 0.324 e. The fourth-order valence-electron chi connectivity index (χ4n) is 3.31. The molecular weight excluding hydrogens is 282 g/mol. The summed E-state index contributed by atoms with van der Waals surface area (Å²) in [4.78, 5) is 27.0. The molecule has 0 unspecified atom stereocenters. The Kier molecular flexibility index (Phi) is 4.02. The summed E-state index contributed by atoms with van der Waals surface area (Å²) in [6.07, 6.45) is 0.635. The second-order valence-corrected chi connectivity index (χ2v) is 5.99. The fraction of sp³-hybridized carbons (Fsp3) is 0.500. The van der Waals surface area contributed by atoms with Crippen molar-refractivity contribution < 1.29 is 14.7 Å². The van der Waals surface area contributed by atoms with Crippen LogP contribution in [0.25, 0.3) is 0 Å². The number of anilines is 1. The summed E-state index contributed by atoms with van der Waals surface area (Å²) in [7, 11) is 1.79. The van der Waals surface area contributed by atoms with Crippen LogP contribution < -0.4 is 10.2 Å². The largest absolute Gasteiger partial charge is 0.481 e. The van der Waals surface area contributed by atoms with Gasteiger partial charge in [-0.2, -0.15) is 0 Å². The monoisotopic (exact) mass is 303 g/mol. The van der Waals surface area contributed by atoms with Crippen molar-refractivity contribution in [3.63, 3.8) is 0 Å². The van der Waals surface area contributed by atoms with Crippen LogP contribution in [0.1, 0.15) is 17.9 Å². The third-order valence-electron chi connectivity index (χ3n) is 4.63. The number of urea groups is 1. The highest BCUT2D eigenvalue weighted by molar-refractivity contribution is 5.94. The number of rotatable bonds is 3. The Morgan fingerprint density at radius 3 is 2.86 bits per heavy atom. The molecule has 6 nitrogen and oxygen atoms in total. The van der Waals surface area contributed by atoms with E-state index in [0.717, 1.165) is 17.8 Å². The number of carboxylic acids is 1. The summed E-state index contributed by atoms with van der Waals surface area (Å²) in [6.45, 7) is 2.78. The Bertz CT molecular complexity index is 590. The number of benzene rings is 1. The lowest BCUT2D eigenvalue weighted by atomic mass is 9.81. The van der Waals surface area contributed by atoms with E-state index in [1.165, 1.54) is 0 Å². The Morgan fingerprint density at radius 2 is 2.18 bits per heavy atom. The van der Waals surface area contributed by atoms with Crippen molar-refractivity contribution in [2.24, 2.45) is 5.92 Å². The molecule has 0 aromatic heterocycles. The molecule has 1 aromatic rings. The van der Waals surface area contributed by atoms with E-state index in [0.29, 0.717) is 26.1 Å². The van der Waals surface area contributed by atoms with Crippen LogP contribution in [0.15, 0.2) is 24.3 Å². The van der Waals surface area contributed by atoms with Crippen molar-refractivity contribution >= 4 is 17.7 Å². The molecule has 0 spiro atoms. The van der Waals surface area contributed by atoms with Crippen molar-refractivity contribution in [2.75, 3.05) is 38.1 Å². The van der Waals surface area contributed by atoms with E-state index in [9.17, 15) is 14.7 Å². The lowest BCUT2D eigenvalue weighted by Gasteiger charge is -2.30. The summed E-state index contributed by atoms with van der Waals surface area (Å²) in [5.74, 6) is -1.16. The molecular formula is C16H21N3O3. The van der Waals surface area contributed by atoms with Gasteiger partial charge in [0.1, 0.15) is 0 Å². The highest BCUT2D eigenvalue weighted by Crippen LogP contribution is 2.32. The van der Waals surface area contributed by atoms with Gasteiger partial charge in [0.2, 0.25) is 0 Å². The van der Waals surface area contributed by atoms with E-state index in [-0.39, 0.29) is 17.9 Å².